The molecular formula is C36H44N4O5. The van der Waals surface area contributed by atoms with Crippen LogP contribution in [-0.2, 0) is 19.1 Å². The molecule has 3 aromatic rings. The van der Waals surface area contributed by atoms with E-state index in [0.717, 1.165) is 30.0 Å². The number of nitrogens with one attached hydrogen (secondary N) is 2. The zero-order valence-corrected chi connectivity index (χ0v) is 26.6. The molecule has 0 saturated carbocycles. The summed E-state index contributed by atoms with van der Waals surface area (Å²) in [6, 6.07) is 18.0. The summed E-state index contributed by atoms with van der Waals surface area (Å²) in [6.45, 7) is 7.40. The number of carbonyl (C=O) groups excluding carboxylic acids is 4. The van der Waals surface area contributed by atoms with E-state index in [1.807, 2.05) is 36.4 Å². The third-order valence-electron chi connectivity index (χ3n) is 7.19. The van der Waals surface area contributed by atoms with Crippen molar-refractivity contribution in [3.05, 3.63) is 77.9 Å². The van der Waals surface area contributed by atoms with Crippen molar-refractivity contribution in [1.82, 2.24) is 10.2 Å². The molecule has 45 heavy (non-hydrogen) atoms. The number of amides is 4. The molecule has 9 nitrogen and oxygen atoms in total. The number of benzene rings is 3. The van der Waals surface area contributed by atoms with Gasteiger partial charge in [0.15, 0.2) is 0 Å². The van der Waals surface area contributed by atoms with E-state index in [-0.39, 0.29) is 19.4 Å². The Morgan fingerprint density at radius 3 is 2.31 bits per heavy atom. The Kier molecular flexibility index (Phi) is 12.5. The third-order valence-corrected chi connectivity index (χ3v) is 7.19. The SMILES string of the molecule is C#Cc1ccccc1C(C(=O)Nc1ccc2ccccc2c1)N(CCCCCC)C(=O)C(CCC(N)=O)NC(=O)OC(C)(C)C. The van der Waals surface area contributed by atoms with E-state index in [9.17, 15) is 19.2 Å². The molecule has 0 saturated heterocycles. The first kappa shape index (κ1) is 34.6. The zero-order valence-electron chi connectivity index (χ0n) is 26.6. The van der Waals surface area contributed by atoms with Crippen LogP contribution in [0.25, 0.3) is 10.8 Å². The second kappa shape index (κ2) is 16.3. The van der Waals surface area contributed by atoms with E-state index >= 15 is 0 Å². The summed E-state index contributed by atoms with van der Waals surface area (Å²) in [4.78, 5) is 54.8. The van der Waals surface area contributed by atoms with Gasteiger partial charge < -0.3 is 26.0 Å². The van der Waals surface area contributed by atoms with E-state index in [4.69, 9.17) is 16.9 Å². The Morgan fingerprint density at radius 2 is 1.64 bits per heavy atom. The molecule has 238 valence electrons. The number of nitrogens with two attached hydrogens (primary N) is 1. The summed E-state index contributed by atoms with van der Waals surface area (Å²) in [5, 5.41) is 7.57. The monoisotopic (exact) mass is 612 g/mol. The Morgan fingerprint density at radius 1 is 0.956 bits per heavy atom. The maximum Gasteiger partial charge on any atom is 0.408 e. The van der Waals surface area contributed by atoms with Crippen molar-refractivity contribution in [2.24, 2.45) is 5.73 Å². The summed E-state index contributed by atoms with van der Waals surface area (Å²) in [6.07, 6.45) is 8.16. The molecule has 0 radical (unpaired) electrons. The number of anilines is 1. The summed E-state index contributed by atoms with van der Waals surface area (Å²) >= 11 is 0. The van der Waals surface area contributed by atoms with Crippen molar-refractivity contribution >= 4 is 40.3 Å². The molecular weight excluding hydrogens is 568 g/mol. The molecule has 0 spiro atoms. The quantitative estimate of drug-likeness (QED) is 0.150. The smallest absolute Gasteiger partial charge is 0.408 e. The minimum Gasteiger partial charge on any atom is -0.444 e. The van der Waals surface area contributed by atoms with Gasteiger partial charge >= 0.3 is 6.09 Å². The number of hydrogen-bond acceptors (Lipinski definition) is 5. The van der Waals surface area contributed by atoms with Gasteiger partial charge in [-0.3, -0.25) is 14.4 Å². The first-order valence-electron chi connectivity index (χ1n) is 15.4. The van der Waals surface area contributed by atoms with Crippen molar-refractivity contribution < 1.29 is 23.9 Å². The molecule has 0 fully saturated rings. The highest BCUT2D eigenvalue weighted by Crippen LogP contribution is 2.29. The predicted octanol–water partition coefficient (Wildman–Crippen LogP) is 6.07. The van der Waals surface area contributed by atoms with E-state index in [2.05, 4.69) is 23.5 Å². The van der Waals surface area contributed by atoms with Crippen LogP contribution in [0.3, 0.4) is 0 Å². The Hall–Kier alpha value is -4.84. The van der Waals surface area contributed by atoms with Crippen molar-refractivity contribution in [1.29, 1.82) is 0 Å². The van der Waals surface area contributed by atoms with Crippen LogP contribution in [0.5, 0.6) is 0 Å². The first-order valence-corrected chi connectivity index (χ1v) is 15.4. The van der Waals surface area contributed by atoms with Crippen molar-refractivity contribution in [2.45, 2.75) is 83.9 Å². The fraction of sp³-hybridized carbons (Fsp3) is 0.389. The van der Waals surface area contributed by atoms with Crippen LogP contribution < -0.4 is 16.4 Å². The number of ether oxygens (including phenoxy) is 1. The summed E-state index contributed by atoms with van der Waals surface area (Å²) in [5.74, 6) is 0.998. The molecule has 0 aromatic heterocycles. The van der Waals surface area contributed by atoms with Crippen LogP contribution in [0, 0.1) is 12.3 Å². The predicted molar refractivity (Wildman–Crippen MR) is 177 cm³/mol. The summed E-state index contributed by atoms with van der Waals surface area (Å²) in [5.41, 5.74) is 6.08. The van der Waals surface area contributed by atoms with E-state index in [1.165, 1.54) is 4.90 Å². The second-order valence-corrected chi connectivity index (χ2v) is 12.0. The fourth-order valence-corrected chi connectivity index (χ4v) is 5.06. The lowest BCUT2D eigenvalue weighted by atomic mass is 9.96. The lowest BCUT2D eigenvalue weighted by Crippen LogP contribution is -2.53. The molecule has 3 rings (SSSR count). The van der Waals surface area contributed by atoms with Gasteiger partial charge in [-0.1, -0.05) is 80.6 Å². The number of rotatable bonds is 14. The number of primary amides is 1. The van der Waals surface area contributed by atoms with Crippen LogP contribution in [0.2, 0.25) is 0 Å². The maximum atomic E-state index is 14.4. The van der Waals surface area contributed by atoms with E-state index in [1.54, 1.807) is 51.1 Å². The van der Waals surface area contributed by atoms with Gasteiger partial charge in [0, 0.05) is 24.2 Å². The number of hydrogen-bond donors (Lipinski definition) is 3. The molecule has 0 aliphatic rings. The van der Waals surface area contributed by atoms with Gasteiger partial charge in [0.2, 0.25) is 11.8 Å². The number of nitrogens with zero attached hydrogens (tertiary/aromatic N) is 1. The first-order chi connectivity index (χ1) is 21.4. The highest BCUT2D eigenvalue weighted by molar-refractivity contribution is 6.00. The zero-order chi connectivity index (χ0) is 33.0. The van der Waals surface area contributed by atoms with Crippen molar-refractivity contribution in [2.75, 3.05) is 11.9 Å². The molecule has 4 N–H and O–H groups in total. The number of unbranched alkanes of at least 4 members (excludes halogenated alkanes) is 3. The Labute approximate surface area is 265 Å². The van der Waals surface area contributed by atoms with Gasteiger partial charge in [-0.25, -0.2) is 4.79 Å². The highest BCUT2D eigenvalue weighted by Gasteiger charge is 2.37. The lowest BCUT2D eigenvalue weighted by molar-refractivity contribution is -0.141. The Bertz CT molecular complexity index is 1540. The standard InChI is InChI=1S/C36H44N4O5/c1-6-8-9-14-23-40(34(43)30(21-22-31(37)41)39-35(44)45-36(3,4)5)32(29-18-13-12-15-25(29)7-2)33(42)38-28-20-19-26-16-10-11-17-27(26)24-28/h2,10-13,15-20,24,30,32H,6,8-9,14,21-23H2,1,3-5H3,(H2,37,41)(H,38,42)(H,39,44). The molecule has 0 bridgehead atoms. The van der Waals surface area contributed by atoms with Gasteiger partial charge in [0.1, 0.15) is 17.7 Å². The van der Waals surface area contributed by atoms with Gasteiger partial charge in [-0.15, -0.1) is 6.42 Å². The van der Waals surface area contributed by atoms with Crippen molar-refractivity contribution in [3.8, 4) is 12.3 Å². The molecule has 0 aliphatic heterocycles. The lowest BCUT2D eigenvalue weighted by Gasteiger charge is -2.35. The van der Waals surface area contributed by atoms with Crippen LogP contribution in [0.4, 0.5) is 10.5 Å². The normalized spacial score (nSPS) is 12.4. The largest absolute Gasteiger partial charge is 0.444 e. The minimum atomic E-state index is -1.19. The number of terminal acetylenes is 1. The maximum absolute atomic E-state index is 14.4. The summed E-state index contributed by atoms with van der Waals surface area (Å²) in [7, 11) is 0. The van der Waals surface area contributed by atoms with Crippen LogP contribution in [0.15, 0.2) is 66.7 Å². The topological polar surface area (TPSA) is 131 Å². The highest BCUT2D eigenvalue weighted by atomic mass is 16.6. The number of fused-ring (bicyclic) bond motifs is 1. The van der Waals surface area contributed by atoms with Gasteiger partial charge in [0.05, 0.1) is 0 Å². The average molecular weight is 613 g/mol. The molecule has 2 unspecified atom stereocenters. The molecule has 2 atom stereocenters. The van der Waals surface area contributed by atoms with E-state index in [0.29, 0.717) is 23.2 Å². The number of alkyl carbamates (subject to hydrolysis) is 1. The van der Waals surface area contributed by atoms with Gasteiger partial charge in [0.25, 0.3) is 5.91 Å². The minimum absolute atomic E-state index is 0.0747. The summed E-state index contributed by atoms with van der Waals surface area (Å²) < 4.78 is 5.42. The van der Waals surface area contributed by atoms with Crippen LogP contribution in [0.1, 0.15) is 83.4 Å². The molecule has 9 heteroatoms. The Balaban J connectivity index is 2.08. The molecule has 0 heterocycles. The molecule has 3 aromatic carbocycles. The molecule has 0 aliphatic carbocycles. The van der Waals surface area contributed by atoms with Crippen LogP contribution in [-0.4, -0.2) is 46.9 Å². The van der Waals surface area contributed by atoms with Gasteiger partial charge in [-0.2, -0.15) is 0 Å². The van der Waals surface area contributed by atoms with E-state index < -0.39 is 41.5 Å². The fourth-order valence-electron chi connectivity index (χ4n) is 5.06. The van der Waals surface area contributed by atoms with Crippen molar-refractivity contribution in [3.63, 3.8) is 0 Å². The second-order valence-electron chi connectivity index (χ2n) is 12.0. The molecule has 4 amide bonds. The third kappa shape index (κ3) is 10.4. The van der Waals surface area contributed by atoms with Crippen LogP contribution >= 0.6 is 0 Å². The van der Waals surface area contributed by atoms with Gasteiger partial charge in [-0.05, 0) is 68.1 Å². The average Bonchev–Trinajstić information content (AvgIpc) is 2.99. The number of carbonyl (C=O) groups is 4.